The summed E-state index contributed by atoms with van der Waals surface area (Å²) in [7, 11) is 0. The summed E-state index contributed by atoms with van der Waals surface area (Å²) in [5.74, 6) is 1.39. The van der Waals surface area contributed by atoms with Crippen LogP contribution in [0.3, 0.4) is 0 Å². The number of furan rings is 1. The van der Waals surface area contributed by atoms with E-state index in [1.165, 1.54) is 0 Å². The molecule has 108 valence electrons. The molecule has 1 rings (SSSR count). The molecule has 1 amide bonds. The lowest BCUT2D eigenvalue weighted by atomic mass is 9.89. The average molecular weight is 267 g/mol. The molecule has 0 spiro atoms. The standard InChI is InChI=1S/C15H25NO3/c1-10(2)12(8-17)14(18)16-9-15(4,5)13-7-6-11(3)19-13/h6-7,10,12,17H,8-9H2,1-5H3,(H,16,18). The van der Waals surface area contributed by atoms with Gasteiger partial charge in [0.25, 0.3) is 0 Å². The lowest BCUT2D eigenvalue weighted by molar-refractivity contribution is -0.127. The number of hydrogen-bond donors (Lipinski definition) is 2. The third kappa shape index (κ3) is 4.10. The van der Waals surface area contributed by atoms with Crippen LogP contribution in [0.15, 0.2) is 16.5 Å². The van der Waals surface area contributed by atoms with E-state index in [1.807, 2.05) is 46.8 Å². The molecular weight excluding hydrogens is 242 g/mol. The van der Waals surface area contributed by atoms with Crippen LogP contribution >= 0.6 is 0 Å². The van der Waals surface area contributed by atoms with Crippen LogP contribution in [0.2, 0.25) is 0 Å². The van der Waals surface area contributed by atoms with E-state index in [1.54, 1.807) is 0 Å². The van der Waals surface area contributed by atoms with Crippen LogP contribution in [0, 0.1) is 18.8 Å². The van der Waals surface area contributed by atoms with Gasteiger partial charge in [-0.1, -0.05) is 27.7 Å². The SMILES string of the molecule is Cc1ccc(C(C)(C)CNC(=O)C(CO)C(C)C)o1. The Bertz CT molecular complexity index is 421. The van der Waals surface area contributed by atoms with Crippen LogP contribution in [-0.2, 0) is 10.2 Å². The summed E-state index contributed by atoms with van der Waals surface area (Å²) in [6, 6.07) is 3.86. The normalized spacial score (nSPS) is 13.6. The van der Waals surface area contributed by atoms with Gasteiger partial charge in [0.1, 0.15) is 11.5 Å². The zero-order valence-electron chi connectivity index (χ0n) is 12.5. The molecule has 0 aliphatic heterocycles. The quantitative estimate of drug-likeness (QED) is 0.831. The van der Waals surface area contributed by atoms with Crippen molar-refractivity contribution < 1.29 is 14.3 Å². The Kier molecular flexibility index (Phi) is 5.18. The second kappa shape index (κ2) is 6.24. The highest BCUT2D eigenvalue weighted by Gasteiger charge is 2.27. The molecule has 0 fully saturated rings. The van der Waals surface area contributed by atoms with Crippen molar-refractivity contribution in [1.29, 1.82) is 0 Å². The van der Waals surface area contributed by atoms with Crippen LogP contribution in [0.5, 0.6) is 0 Å². The monoisotopic (exact) mass is 267 g/mol. The van der Waals surface area contributed by atoms with Crippen molar-refractivity contribution in [2.45, 2.75) is 40.0 Å². The number of carbonyl (C=O) groups excluding carboxylic acids is 1. The largest absolute Gasteiger partial charge is 0.466 e. The smallest absolute Gasteiger partial charge is 0.225 e. The van der Waals surface area contributed by atoms with Crippen molar-refractivity contribution in [3.05, 3.63) is 23.7 Å². The van der Waals surface area contributed by atoms with E-state index in [0.29, 0.717) is 6.54 Å². The molecule has 0 aliphatic rings. The minimum absolute atomic E-state index is 0.103. The molecule has 1 heterocycles. The van der Waals surface area contributed by atoms with E-state index in [4.69, 9.17) is 4.42 Å². The van der Waals surface area contributed by atoms with Gasteiger partial charge in [0.2, 0.25) is 5.91 Å². The number of aryl methyl sites for hydroxylation is 1. The number of aliphatic hydroxyl groups excluding tert-OH is 1. The summed E-state index contributed by atoms with van der Waals surface area (Å²) < 4.78 is 5.61. The van der Waals surface area contributed by atoms with E-state index < -0.39 is 0 Å². The zero-order valence-corrected chi connectivity index (χ0v) is 12.5. The maximum atomic E-state index is 12.0. The molecule has 2 N–H and O–H groups in total. The molecule has 4 nitrogen and oxygen atoms in total. The number of amides is 1. The molecule has 1 atom stereocenters. The van der Waals surface area contributed by atoms with Crippen molar-refractivity contribution in [1.82, 2.24) is 5.32 Å². The van der Waals surface area contributed by atoms with Gasteiger partial charge in [0.15, 0.2) is 0 Å². The predicted molar refractivity (Wildman–Crippen MR) is 74.9 cm³/mol. The summed E-state index contributed by atoms with van der Waals surface area (Å²) in [6.45, 7) is 10.2. The molecule has 0 saturated heterocycles. The number of carbonyl (C=O) groups is 1. The number of aliphatic hydroxyl groups is 1. The van der Waals surface area contributed by atoms with Crippen LogP contribution in [0.25, 0.3) is 0 Å². The van der Waals surface area contributed by atoms with E-state index in [9.17, 15) is 9.90 Å². The fourth-order valence-corrected chi connectivity index (χ4v) is 1.92. The fraction of sp³-hybridized carbons (Fsp3) is 0.667. The lowest BCUT2D eigenvalue weighted by Gasteiger charge is -2.25. The number of hydrogen-bond acceptors (Lipinski definition) is 3. The summed E-state index contributed by atoms with van der Waals surface area (Å²) >= 11 is 0. The molecule has 19 heavy (non-hydrogen) atoms. The second-order valence-corrected chi connectivity index (χ2v) is 6.05. The summed E-state index contributed by atoms with van der Waals surface area (Å²) in [6.07, 6.45) is 0. The zero-order chi connectivity index (χ0) is 14.6. The molecule has 0 bridgehead atoms. The summed E-state index contributed by atoms with van der Waals surface area (Å²) in [4.78, 5) is 12.0. The third-order valence-corrected chi connectivity index (χ3v) is 3.45. The Morgan fingerprint density at radius 1 is 1.42 bits per heavy atom. The highest BCUT2D eigenvalue weighted by atomic mass is 16.3. The molecular formula is C15H25NO3. The maximum absolute atomic E-state index is 12.0. The molecule has 4 heteroatoms. The van der Waals surface area contributed by atoms with Gasteiger partial charge in [0.05, 0.1) is 12.5 Å². The Labute approximate surface area is 115 Å². The van der Waals surface area contributed by atoms with Gasteiger partial charge in [-0.3, -0.25) is 4.79 Å². The highest BCUT2D eigenvalue weighted by Crippen LogP contribution is 2.24. The molecule has 0 aromatic carbocycles. The molecule has 1 aromatic heterocycles. The lowest BCUT2D eigenvalue weighted by Crippen LogP contribution is -2.42. The Morgan fingerprint density at radius 3 is 2.47 bits per heavy atom. The first-order valence-corrected chi connectivity index (χ1v) is 6.73. The van der Waals surface area contributed by atoms with Crippen LogP contribution in [0.1, 0.15) is 39.2 Å². The van der Waals surface area contributed by atoms with Gasteiger partial charge in [-0.15, -0.1) is 0 Å². The van der Waals surface area contributed by atoms with Gasteiger partial charge in [-0.25, -0.2) is 0 Å². The molecule has 0 saturated carbocycles. The van der Waals surface area contributed by atoms with Crippen LogP contribution in [0.4, 0.5) is 0 Å². The summed E-state index contributed by atoms with van der Waals surface area (Å²) in [5, 5.41) is 12.1. The fourth-order valence-electron chi connectivity index (χ4n) is 1.92. The van der Waals surface area contributed by atoms with Crippen molar-refractivity contribution in [2.75, 3.05) is 13.2 Å². The number of nitrogens with one attached hydrogen (secondary N) is 1. The van der Waals surface area contributed by atoms with E-state index in [2.05, 4.69) is 5.32 Å². The molecule has 1 unspecified atom stereocenters. The average Bonchev–Trinajstić information content (AvgIpc) is 2.74. The first kappa shape index (κ1) is 15.8. The first-order chi connectivity index (χ1) is 8.77. The summed E-state index contributed by atoms with van der Waals surface area (Å²) in [5.41, 5.74) is -0.263. The van der Waals surface area contributed by atoms with Gasteiger partial charge < -0.3 is 14.8 Å². The van der Waals surface area contributed by atoms with Gasteiger partial charge in [0, 0.05) is 12.0 Å². The Hall–Kier alpha value is -1.29. The molecule has 0 radical (unpaired) electrons. The van der Waals surface area contributed by atoms with Crippen molar-refractivity contribution in [3.63, 3.8) is 0 Å². The van der Waals surface area contributed by atoms with Crippen molar-refractivity contribution in [3.8, 4) is 0 Å². The van der Waals surface area contributed by atoms with Crippen molar-refractivity contribution in [2.24, 2.45) is 11.8 Å². The first-order valence-electron chi connectivity index (χ1n) is 6.73. The van der Waals surface area contributed by atoms with E-state index in [0.717, 1.165) is 11.5 Å². The molecule has 1 aromatic rings. The highest BCUT2D eigenvalue weighted by molar-refractivity contribution is 5.79. The van der Waals surface area contributed by atoms with Gasteiger partial charge in [-0.2, -0.15) is 0 Å². The van der Waals surface area contributed by atoms with Crippen molar-refractivity contribution >= 4 is 5.91 Å². The minimum atomic E-state index is -0.353. The maximum Gasteiger partial charge on any atom is 0.225 e. The van der Waals surface area contributed by atoms with E-state index in [-0.39, 0.29) is 29.8 Å². The topological polar surface area (TPSA) is 62.5 Å². The third-order valence-electron chi connectivity index (χ3n) is 3.45. The van der Waals surface area contributed by atoms with Crippen LogP contribution < -0.4 is 5.32 Å². The predicted octanol–water partition coefficient (Wildman–Crippen LogP) is 2.25. The number of rotatable bonds is 6. The minimum Gasteiger partial charge on any atom is -0.466 e. The Balaban J connectivity index is 2.63. The second-order valence-electron chi connectivity index (χ2n) is 6.05. The van der Waals surface area contributed by atoms with Crippen LogP contribution in [-0.4, -0.2) is 24.2 Å². The molecule has 0 aliphatic carbocycles. The van der Waals surface area contributed by atoms with E-state index >= 15 is 0 Å². The van der Waals surface area contributed by atoms with Gasteiger partial charge in [-0.05, 0) is 25.0 Å². The van der Waals surface area contributed by atoms with Gasteiger partial charge >= 0.3 is 0 Å². The Morgan fingerprint density at radius 2 is 2.05 bits per heavy atom.